The smallest absolute Gasteiger partial charge is 0.337 e. The number of dihydropyridines is 1. The maximum absolute atomic E-state index is 13.7. The first kappa shape index (κ1) is 24.9. The average molecular weight is 498 g/mol. The number of carbonyl (C=O) groups excluding carboxylic acids is 2. The maximum atomic E-state index is 13.7. The molecule has 0 fully saturated rings. The molecule has 2 atom stereocenters. The standard InChI is InChI=1S/C27H31NO6S/c1-14(2)34-27(30)23-15(3)28-18-10-16(22-8-7-9-35-22)11-19(29)25(18)24(23)17-12-20(31-4)26(33-6)21(13-17)32-5/h7-9,12-14,16,24,28H,10-11H2,1-6H3/t16-,24+/m1/s1. The molecule has 0 amide bonds. The maximum Gasteiger partial charge on any atom is 0.337 e. The van der Waals surface area contributed by atoms with Crippen LogP contribution in [0.1, 0.15) is 55.9 Å². The molecule has 2 aliphatic rings. The summed E-state index contributed by atoms with van der Waals surface area (Å²) in [5.74, 6) is 0.394. The Bertz CT molecular complexity index is 1170. The predicted octanol–water partition coefficient (Wildman–Crippen LogP) is 5.09. The van der Waals surface area contributed by atoms with Crippen LogP contribution in [0.3, 0.4) is 0 Å². The summed E-state index contributed by atoms with van der Waals surface area (Å²) in [6.07, 6.45) is 0.767. The van der Waals surface area contributed by atoms with Crippen LogP contribution >= 0.6 is 11.3 Å². The van der Waals surface area contributed by atoms with E-state index in [1.54, 1.807) is 51.5 Å². The van der Waals surface area contributed by atoms with Crippen molar-refractivity contribution in [1.29, 1.82) is 0 Å². The zero-order valence-corrected chi connectivity index (χ0v) is 21.7. The number of esters is 1. The van der Waals surface area contributed by atoms with Crippen molar-refractivity contribution >= 4 is 23.1 Å². The minimum Gasteiger partial charge on any atom is -0.493 e. The lowest BCUT2D eigenvalue weighted by molar-refractivity contribution is -0.143. The van der Waals surface area contributed by atoms with Gasteiger partial charge in [0, 0.05) is 40.1 Å². The fraction of sp³-hybridized carbons (Fsp3) is 0.407. The summed E-state index contributed by atoms with van der Waals surface area (Å²) in [5, 5.41) is 5.41. The number of Topliss-reactive ketones (excluding diaryl/α,β-unsaturated/α-hetero) is 1. The van der Waals surface area contributed by atoms with Gasteiger partial charge >= 0.3 is 5.97 Å². The van der Waals surface area contributed by atoms with Gasteiger partial charge in [-0.05, 0) is 56.3 Å². The molecule has 0 saturated carbocycles. The molecule has 1 aliphatic heterocycles. The van der Waals surface area contributed by atoms with Crippen molar-refractivity contribution in [3.8, 4) is 17.2 Å². The van der Waals surface area contributed by atoms with E-state index in [4.69, 9.17) is 18.9 Å². The monoisotopic (exact) mass is 497 g/mol. The molecule has 1 N–H and O–H groups in total. The third-order valence-electron chi connectivity index (χ3n) is 6.36. The second kappa shape index (κ2) is 10.2. The molecular weight excluding hydrogens is 466 g/mol. The third kappa shape index (κ3) is 4.67. The molecule has 0 bridgehead atoms. The second-order valence-electron chi connectivity index (χ2n) is 8.95. The summed E-state index contributed by atoms with van der Waals surface area (Å²) >= 11 is 1.66. The number of rotatable bonds is 7. The molecule has 8 heteroatoms. The fourth-order valence-corrected chi connectivity index (χ4v) is 5.74. The first-order valence-corrected chi connectivity index (χ1v) is 12.4. The van der Waals surface area contributed by atoms with E-state index in [0.29, 0.717) is 52.5 Å². The van der Waals surface area contributed by atoms with Crippen molar-refractivity contribution in [1.82, 2.24) is 5.32 Å². The van der Waals surface area contributed by atoms with Gasteiger partial charge in [0.15, 0.2) is 17.3 Å². The van der Waals surface area contributed by atoms with Gasteiger partial charge in [-0.25, -0.2) is 4.79 Å². The molecule has 0 radical (unpaired) electrons. The van der Waals surface area contributed by atoms with Crippen LogP contribution < -0.4 is 19.5 Å². The van der Waals surface area contributed by atoms with Crippen LogP contribution in [0.4, 0.5) is 0 Å². The minimum atomic E-state index is -0.622. The van der Waals surface area contributed by atoms with E-state index >= 15 is 0 Å². The highest BCUT2D eigenvalue weighted by atomic mass is 32.1. The molecule has 7 nitrogen and oxygen atoms in total. The van der Waals surface area contributed by atoms with Crippen LogP contribution in [0.2, 0.25) is 0 Å². The molecule has 1 aliphatic carbocycles. The summed E-state index contributed by atoms with van der Waals surface area (Å²) in [6.45, 7) is 5.46. The van der Waals surface area contributed by atoms with Gasteiger partial charge in [0.25, 0.3) is 0 Å². The van der Waals surface area contributed by atoms with E-state index in [1.165, 1.54) is 12.0 Å². The number of allylic oxidation sites excluding steroid dienone is 3. The van der Waals surface area contributed by atoms with Gasteiger partial charge in [-0.15, -0.1) is 11.3 Å². The van der Waals surface area contributed by atoms with E-state index in [-0.39, 0.29) is 17.8 Å². The lowest BCUT2D eigenvalue weighted by Gasteiger charge is -2.36. The van der Waals surface area contributed by atoms with Gasteiger partial charge in [0.2, 0.25) is 5.75 Å². The summed E-state index contributed by atoms with van der Waals surface area (Å²) in [7, 11) is 4.62. The SMILES string of the molecule is COc1cc([C@H]2C(C(=O)OC(C)C)=C(C)NC3=C2C(=O)C[C@H](c2cccs2)C3)cc(OC)c1OC. The Morgan fingerprint density at radius 2 is 1.77 bits per heavy atom. The number of thiophene rings is 1. The number of ketones is 1. The highest BCUT2D eigenvalue weighted by Gasteiger charge is 2.42. The van der Waals surface area contributed by atoms with Crippen LogP contribution in [-0.2, 0) is 14.3 Å². The number of hydrogen-bond donors (Lipinski definition) is 1. The zero-order chi connectivity index (χ0) is 25.3. The lowest BCUT2D eigenvalue weighted by atomic mass is 9.72. The molecule has 35 heavy (non-hydrogen) atoms. The van der Waals surface area contributed by atoms with Crippen molar-refractivity contribution in [3.05, 3.63) is 62.6 Å². The van der Waals surface area contributed by atoms with E-state index in [1.807, 2.05) is 18.4 Å². The number of benzene rings is 1. The number of nitrogens with one attached hydrogen (secondary N) is 1. The number of hydrogen-bond acceptors (Lipinski definition) is 8. The van der Waals surface area contributed by atoms with Gasteiger partial charge in [0.05, 0.1) is 33.0 Å². The largest absolute Gasteiger partial charge is 0.493 e. The molecule has 1 aromatic heterocycles. The fourth-order valence-electron chi connectivity index (χ4n) is 4.91. The molecule has 0 unspecified atom stereocenters. The first-order chi connectivity index (χ1) is 16.8. The lowest BCUT2D eigenvalue weighted by Crippen LogP contribution is -2.36. The average Bonchev–Trinajstić information content (AvgIpc) is 3.36. The topological polar surface area (TPSA) is 83.1 Å². The Labute approximate surface area is 209 Å². The van der Waals surface area contributed by atoms with E-state index in [2.05, 4.69) is 11.4 Å². The van der Waals surface area contributed by atoms with Crippen molar-refractivity contribution in [2.24, 2.45) is 0 Å². The molecule has 2 heterocycles. The van der Waals surface area contributed by atoms with Gasteiger partial charge in [0.1, 0.15) is 0 Å². The van der Waals surface area contributed by atoms with Crippen LogP contribution in [0.15, 0.2) is 52.2 Å². The van der Waals surface area contributed by atoms with Gasteiger partial charge in [-0.1, -0.05) is 6.07 Å². The normalized spacial score (nSPS) is 19.9. The summed E-state index contributed by atoms with van der Waals surface area (Å²) in [6, 6.07) is 7.68. The van der Waals surface area contributed by atoms with Gasteiger partial charge < -0.3 is 24.3 Å². The third-order valence-corrected chi connectivity index (χ3v) is 7.39. The molecular formula is C27H31NO6S. The molecule has 186 valence electrons. The Kier molecular flexibility index (Phi) is 7.21. The van der Waals surface area contributed by atoms with Crippen LogP contribution in [-0.4, -0.2) is 39.2 Å². The Balaban J connectivity index is 1.89. The van der Waals surface area contributed by atoms with Crippen molar-refractivity contribution < 1.29 is 28.5 Å². The second-order valence-corrected chi connectivity index (χ2v) is 9.92. The van der Waals surface area contributed by atoms with E-state index in [9.17, 15) is 9.59 Å². The Hall–Kier alpha value is -3.26. The summed E-state index contributed by atoms with van der Waals surface area (Å²) in [4.78, 5) is 28.2. The van der Waals surface area contributed by atoms with Crippen LogP contribution in [0.25, 0.3) is 0 Å². The zero-order valence-electron chi connectivity index (χ0n) is 20.9. The number of ether oxygens (including phenoxy) is 4. The van der Waals surface area contributed by atoms with E-state index < -0.39 is 11.9 Å². The number of methoxy groups -OCH3 is 3. The molecule has 2 aromatic rings. The molecule has 1 aromatic carbocycles. The predicted molar refractivity (Wildman–Crippen MR) is 134 cm³/mol. The highest BCUT2D eigenvalue weighted by molar-refractivity contribution is 7.10. The Morgan fingerprint density at radius 3 is 2.31 bits per heavy atom. The van der Waals surface area contributed by atoms with Crippen molar-refractivity contribution in [2.45, 2.75) is 51.6 Å². The van der Waals surface area contributed by atoms with E-state index in [0.717, 1.165) is 5.70 Å². The first-order valence-electron chi connectivity index (χ1n) is 11.6. The summed E-state index contributed by atoms with van der Waals surface area (Å²) in [5.41, 5.74) is 3.22. The molecule has 0 spiro atoms. The van der Waals surface area contributed by atoms with Gasteiger partial charge in [-0.3, -0.25) is 4.79 Å². The van der Waals surface area contributed by atoms with Crippen LogP contribution in [0.5, 0.6) is 17.2 Å². The highest BCUT2D eigenvalue weighted by Crippen LogP contribution is 2.49. The summed E-state index contributed by atoms with van der Waals surface area (Å²) < 4.78 is 22.2. The van der Waals surface area contributed by atoms with Crippen molar-refractivity contribution in [2.75, 3.05) is 21.3 Å². The Morgan fingerprint density at radius 1 is 1.09 bits per heavy atom. The number of carbonyl (C=O) groups is 2. The van der Waals surface area contributed by atoms with Gasteiger partial charge in [-0.2, -0.15) is 0 Å². The molecule has 4 rings (SSSR count). The van der Waals surface area contributed by atoms with Crippen LogP contribution in [0, 0.1) is 0 Å². The van der Waals surface area contributed by atoms with Crippen molar-refractivity contribution in [3.63, 3.8) is 0 Å². The minimum absolute atomic E-state index is 0.0123. The quantitative estimate of drug-likeness (QED) is 0.534. The molecule has 0 saturated heterocycles.